The maximum Gasteiger partial charge on any atom is 0.230 e. The minimum atomic E-state index is 0.0482. The van der Waals surface area contributed by atoms with Crippen LogP contribution in [0.5, 0.6) is 0 Å². The van der Waals surface area contributed by atoms with Crippen LogP contribution in [0.25, 0.3) is 0 Å². The lowest BCUT2D eigenvalue weighted by Gasteiger charge is -2.06. The molecule has 0 atom stereocenters. The zero-order valence-corrected chi connectivity index (χ0v) is 13.5. The summed E-state index contributed by atoms with van der Waals surface area (Å²) in [4.78, 5) is 11.8. The molecule has 0 radical (unpaired) electrons. The highest BCUT2D eigenvalue weighted by molar-refractivity contribution is 7.99. The number of nitrogens with one attached hydrogen (secondary N) is 1. The molecule has 0 fully saturated rings. The molecule has 1 amide bonds. The van der Waals surface area contributed by atoms with E-state index in [1.165, 1.54) is 11.1 Å². The van der Waals surface area contributed by atoms with Gasteiger partial charge in [0.2, 0.25) is 5.91 Å². The lowest BCUT2D eigenvalue weighted by atomic mass is 10.2. The van der Waals surface area contributed by atoms with Crippen LogP contribution in [0.3, 0.4) is 0 Å². The van der Waals surface area contributed by atoms with Crippen molar-refractivity contribution in [2.24, 2.45) is 0 Å². The van der Waals surface area contributed by atoms with Gasteiger partial charge in [-0.1, -0.05) is 53.6 Å². The largest absolute Gasteiger partial charge is 0.351 e. The Bertz CT molecular complexity index is 598. The number of carbonyl (C=O) groups is 1. The van der Waals surface area contributed by atoms with E-state index in [4.69, 9.17) is 11.6 Å². The first-order valence-corrected chi connectivity index (χ1v) is 8.31. The van der Waals surface area contributed by atoms with Crippen LogP contribution in [0, 0.1) is 6.92 Å². The average molecular weight is 320 g/mol. The monoisotopic (exact) mass is 319 g/mol. The molecule has 0 spiro atoms. The van der Waals surface area contributed by atoms with E-state index >= 15 is 0 Å². The molecular formula is C17H18ClNOS. The Balaban J connectivity index is 1.69. The van der Waals surface area contributed by atoms with Gasteiger partial charge in [-0.2, -0.15) is 0 Å². The summed E-state index contributed by atoms with van der Waals surface area (Å²) >= 11 is 7.53. The predicted molar refractivity (Wildman–Crippen MR) is 90.6 cm³/mol. The molecule has 0 aliphatic carbocycles. The van der Waals surface area contributed by atoms with E-state index in [-0.39, 0.29) is 5.91 Å². The molecule has 2 nitrogen and oxygen atoms in total. The van der Waals surface area contributed by atoms with E-state index in [0.29, 0.717) is 17.3 Å². The summed E-state index contributed by atoms with van der Waals surface area (Å²) in [6.45, 7) is 2.59. The first-order valence-electron chi connectivity index (χ1n) is 6.78. The summed E-state index contributed by atoms with van der Waals surface area (Å²) in [6, 6.07) is 15.9. The van der Waals surface area contributed by atoms with Crippen LogP contribution in [-0.2, 0) is 17.1 Å². The SMILES string of the molecule is Cc1ccc(CSCC(=O)NCc2cccc(Cl)c2)cc1. The summed E-state index contributed by atoms with van der Waals surface area (Å²) in [7, 11) is 0. The Hall–Kier alpha value is -1.45. The van der Waals surface area contributed by atoms with Crippen LogP contribution in [0.15, 0.2) is 48.5 Å². The minimum absolute atomic E-state index is 0.0482. The zero-order valence-electron chi connectivity index (χ0n) is 11.9. The van der Waals surface area contributed by atoms with E-state index in [1.807, 2.05) is 24.3 Å². The molecule has 1 N–H and O–H groups in total. The highest BCUT2D eigenvalue weighted by atomic mass is 35.5. The van der Waals surface area contributed by atoms with Gasteiger partial charge in [0.25, 0.3) is 0 Å². The fourth-order valence-electron chi connectivity index (χ4n) is 1.84. The smallest absolute Gasteiger partial charge is 0.230 e. The number of hydrogen-bond acceptors (Lipinski definition) is 2. The lowest BCUT2D eigenvalue weighted by molar-refractivity contribution is -0.118. The highest BCUT2D eigenvalue weighted by Crippen LogP contribution is 2.13. The topological polar surface area (TPSA) is 29.1 Å². The van der Waals surface area contributed by atoms with Crippen LogP contribution < -0.4 is 5.32 Å². The molecule has 0 saturated carbocycles. The molecule has 0 bridgehead atoms. The van der Waals surface area contributed by atoms with Crippen molar-refractivity contribution in [2.75, 3.05) is 5.75 Å². The summed E-state index contributed by atoms with van der Waals surface area (Å²) in [6.07, 6.45) is 0. The van der Waals surface area contributed by atoms with Crippen LogP contribution in [0.1, 0.15) is 16.7 Å². The normalized spacial score (nSPS) is 10.4. The molecule has 2 aromatic rings. The third-order valence-electron chi connectivity index (χ3n) is 3.00. The van der Waals surface area contributed by atoms with Crippen LogP contribution in [0.2, 0.25) is 5.02 Å². The fraction of sp³-hybridized carbons (Fsp3) is 0.235. The van der Waals surface area contributed by atoms with E-state index in [0.717, 1.165) is 11.3 Å². The Morgan fingerprint density at radius 1 is 1.14 bits per heavy atom. The van der Waals surface area contributed by atoms with E-state index in [9.17, 15) is 4.79 Å². The number of hydrogen-bond donors (Lipinski definition) is 1. The van der Waals surface area contributed by atoms with Gasteiger partial charge >= 0.3 is 0 Å². The van der Waals surface area contributed by atoms with E-state index in [1.54, 1.807) is 11.8 Å². The van der Waals surface area contributed by atoms with Gasteiger partial charge in [0.05, 0.1) is 5.75 Å². The highest BCUT2D eigenvalue weighted by Gasteiger charge is 2.02. The summed E-state index contributed by atoms with van der Waals surface area (Å²) in [5.74, 6) is 1.37. The average Bonchev–Trinajstić information content (AvgIpc) is 2.47. The van der Waals surface area contributed by atoms with Gasteiger partial charge in [-0.3, -0.25) is 4.79 Å². The van der Waals surface area contributed by atoms with E-state index < -0.39 is 0 Å². The second-order valence-electron chi connectivity index (χ2n) is 4.89. The van der Waals surface area contributed by atoms with Gasteiger partial charge in [0.1, 0.15) is 0 Å². The molecular weight excluding hydrogens is 302 g/mol. The summed E-state index contributed by atoms with van der Waals surface area (Å²) in [5.41, 5.74) is 3.51. The third kappa shape index (κ3) is 5.82. The fourth-order valence-corrected chi connectivity index (χ4v) is 2.88. The molecule has 0 aromatic heterocycles. The van der Waals surface area contributed by atoms with Crippen molar-refractivity contribution in [3.05, 3.63) is 70.2 Å². The first kappa shape index (κ1) is 15.9. The van der Waals surface area contributed by atoms with Crippen molar-refractivity contribution in [1.82, 2.24) is 5.32 Å². The maximum absolute atomic E-state index is 11.8. The lowest BCUT2D eigenvalue weighted by Crippen LogP contribution is -2.24. The Morgan fingerprint density at radius 3 is 2.62 bits per heavy atom. The Labute approximate surface area is 134 Å². The van der Waals surface area contributed by atoms with Crippen LogP contribution >= 0.6 is 23.4 Å². The Kier molecular flexibility index (Phi) is 6.15. The molecule has 0 aliphatic rings. The van der Waals surface area contributed by atoms with E-state index in [2.05, 4.69) is 36.5 Å². The minimum Gasteiger partial charge on any atom is -0.351 e. The van der Waals surface area contributed by atoms with Gasteiger partial charge in [0.15, 0.2) is 0 Å². The van der Waals surface area contributed by atoms with Crippen molar-refractivity contribution in [3.63, 3.8) is 0 Å². The van der Waals surface area contributed by atoms with Crippen molar-refractivity contribution < 1.29 is 4.79 Å². The van der Waals surface area contributed by atoms with Gasteiger partial charge in [-0.25, -0.2) is 0 Å². The number of benzene rings is 2. The third-order valence-corrected chi connectivity index (χ3v) is 4.24. The number of amides is 1. The number of rotatable bonds is 6. The first-order chi connectivity index (χ1) is 10.1. The predicted octanol–water partition coefficient (Wildman–Crippen LogP) is 4.20. The molecule has 2 rings (SSSR count). The maximum atomic E-state index is 11.8. The number of aryl methyl sites for hydroxylation is 1. The quantitative estimate of drug-likeness (QED) is 0.864. The summed E-state index contributed by atoms with van der Waals surface area (Å²) < 4.78 is 0. The molecule has 0 unspecified atom stereocenters. The molecule has 2 aromatic carbocycles. The molecule has 110 valence electrons. The van der Waals surface area contributed by atoms with Gasteiger partial charge in [0, 0.05) is 17.3 Å². The van der Waals surface area contributed by atoms with Crippen molar-refractivity contribution in [1.29, 1.82) is 0 Å². The molecule has 0 aliphatic heterocycles. The Morgan fingerprint density at radius 2 is 1.90 bits per heavy atom. The number of carbonyl (C=O) groups excluding carboxylic acids is 1. The zero-order chi connectivity index (χ0) is 15.1. The second kappa shape index (κ2) is 8.11. The van der Waals surface area contributed by atoms with Crippen LogP contribution in [0.4, 0.5) is 0 Å². The molecule has 0 heterocycles. The molecule has 0 saturated heterocycles. The number of halogens is 1. The standard InChI is InChI=1S/C17H18ClNOS/c1-13-5-7-14(8-6-13)11-21-12-17(20)19-10-15-3-2-4-16(18)9-15/h2-9H,10-12H2,1H3,(H,19,20). The van der Waals surface area contributed by atoms with Crippen molar-refractivity contribution in [2.45, 2.75) is 19.2 Å². The van der Waals surface area contributed by atoms with Crippen LogP contribution in [-0.4, -0.2) is 11.7 Å². The van der Waals surface area contributed by atoms with Crippen molar-refractivity contribution >= 4 is 29.3 Å². The van der Waals surface area contributed by atoms with Gasteiger partial charge in [-0.15, -0.1) is 11.8 Å². The summed E-state index contributed by atoms with van der Waals surface area (Å²) in [5, 5.41) is 3.59. The second-order valence-corrected chi connectivity index (χ2v) is 6.31. The molecule has 21 heavy (non-hydrogen) atoms. The van der Waals surface area contributed by atoms with Gasteiger partial charge < -0.3 is 5.32 Å². The van der Waals surface area contributed by atoms with Crippen molar-refractivity contribution in [3.8, 4) is 0 Å². The number of thioether (sulfide) groups is 1. The molecule has 4 heteroatoms. The van der Waals surface area contributed by atoms with Gasteiger partial charge in [-0.05, 0) is 30.2 Å².